The lowest BCUT2D eigenvalue weighted by Gasteiger charge is -2.37. The fourth-order valence-corrected chi connectivity index (χ4v) is 2.69. The van der Waals surface area contributed by atoms with Crippen LogP contribution in [-0.2, 0) is 4.74 Å². The molecule has 1 saturated carbocycles. The van der Waals surface area contributed by atoms with Crippen molar-refractivity contribution in [3.8, 4) is 0 Å². The van der Waals surface area contributed by atoms with Crippen LogP contribution in [0.15, 0.2) is 0 Å². The van der Waals surface area contributed by atoms with Crippen LogP contribution in [0, 0.1) is 17.8 Å². The highest BCUT2D eigenvalue weighted by molar-refractivity contribution is 4.83. The second kappa shape index (κ2) is 5.50. The quantitative estimate of drug-likeness (QED) is 0.800. The predicted molar refractivity (Wildman–Crippen MR) is 67.4 cm³/mol. The molecule has 1 rings (SSSR count). The lowest BCUT2D eigenvalue weighted by molar-refractivity contribution is -0.0443. The average Bonchev–Trinajstić information content (AvgIpc) is 2.21. The largest absolute Gasteiger partial charge is 0.393 e. The molecule has 0 bridgehead atoms. The monoisotopic (exact) mass is 228 g/mol. The first kappa shape index (κ1) is 14.0. The number of hydrogen-bond acceptors (Lipinski definition) is 2. The zero-order valence-corrected chi connectivity index (χ0v) is 11.5. The Bertz CT molecular complexity index is 213. The number of hydrogen-bond donors (Lipinski definition) is 1. The summed E-state index contributed by atoms with van der Waals surface area (Å²) in [5.41, 5.74) is -0.203. The number of aliphatic hydroxyl groups is 1. The minimum atomic E-state index is -0.204. The van der Waals surface area contributed by atoms with Crippen LogP contribution in [0.3, 0.4) is 0 Å². The van der Waals surface area contributed by atoms with Crippen molar-refractivity contribution in [2.75, 3.05) is 7.11 Å². The molecule has 0 aromatic rings. The molecular formula is C14H28O2. The molecule has 1 N–H and O–H groups in total. The highest BCUT2D eigenvalue weighted by atomic mass is 16.5. The minimum absolute atomic E-state index is 0.203. The normalized spacial score (nSPS) is 33.8. The smallest absolute Gasteiger partial charge is 0.0647 e. The number of aliphatic hydroxyl groups excluding tert-OH is 1. The summed E-state index contributed by atoms with van der Waals surface area (Å²) in [4.78, 5) is 0. The van der Waals surface area contributed by atoms with Crippen molar-refractivity contribution in [2.45, 2.75) is 65.1 Å². The second-order valence-corrected chi connectivity index (χ2v) is 6.26. The summed E-state index contributed by atoms with van der Waals surface area (Å²) in [6.45, 7) is 8.73. The van der Waals surface area contributed by atoms with Gasteiger partial charge in [0.2, 0.25) is 0 Å². The van der Waals surface area contributed by atoms with E-state index in [0.29, 0.717) is 5.92 Å². The first-order chi connectivity index (χ1) is 7.35. The Hall–Kier alpha value is -0.0800. The molecule has 4 unspecified atom stereocenters. The summed E-state index contributed by atoms with van der Waals surface area (Å²) in [7, 11) is 1.72. The van der Waals surface area contributed by atoms with Gasteiger partial charge in [0.25, 0.3) is 0 Å². The predicted octanol–water partition coefficient (Wildman–Crippen LogP) is 3.23. The van der Waals surface area contributed by atoms with Gasteiger partial charge in [0, 0.05) is 13.5 Å². The van der Waals surface area contributed by atoms with Crippen molar-refractivity contribution in [2.24, 2.45) is 17.8 Å². The van der Waals surface area contributed by atoms with Crippen molar-refractivity contribution in [1.29, 1.82) is 0 Å². The first-order valence-electron chi connectivity index (χ1n) is 6.59. The molecule has 0 heterocycles. The van der Waals surface area contributed by atoms with Crippen LogP contribution in [0.1, 0.15) is 53.4 Å². The highest BCUT2D eigenvalue weighted by Crippen LogP contribution is 2.36. The maximum Gasteiger partial charge on any atom is 0.0647 e. The van der Waals surface area contributed by atoms with Crippen LogP contribution in [-0.4, -0.2) is 23.9 Å². The highest BCUT2D eigenvalue weighted by Gasteiger charge is 2.32. The Balaban J connectivity index is 2.46. The van der Waals surface area contributed by atoms with E-state index in [1.165, 1.54) is 19.3 Å². The van der Waals surface area contributed by atoms with Crippen molar-refractivity contribution in [1.82, 2.24) is 0 Å². The Kier molecular flexibility index (Phi) is 4.81. The van der Waals surface area contributed by atoms with E-state index in [2.05, 4.69) is 13.8 Å². The number of methoxy groups -OCH3 is 1. The molecule has 0 radical (unpaired) electrons. The molecule has 0 amide bonds. The van der Waals surface area contributed by atoms with Crippen LogP contribution < -0.4 is 0 Å². The third-order valence-corrected chi connectivity index (χ3v) is 4.44. The molecule has 0 aliphatic heterocycles. The maximum atomic E-state index is 10.3. The molecule has 1 aliphatic rings. The summed E-state index contributed by atoms with van der Waals surface area (Å²) in [6, 6.07) is 0. The SMILES string of the molecule is COC(C)(C)CC(O)C1CCC(C)C(C)C1. The lowest BCUT2D eigenvalue weighted by Crippen LogP contribution is -2.36. The van der Waals surface area contributed by atoms with Gasteiger partial charge in [-0.15, -0.1) is 0 Å². The van der Waals surface area contributed by atoms with E-state index in [0.717, 1.165) is 18.3 Å². The molecule has 96 valence electrons. The molecule has 1 aliphatic carbocycles. The summed E-state index contributed by atoms with van der Waals surface area (Å²) in [5, 5.41) is 10.3. The van der Waals surface area contributed by atoms with Crippen LogP contribution in [0.25, 0.3) is 0 Å². The van der Waals surface area contributed by atoms with Gasteiger partial charge in [-0.2, -0.15) is 0 Å². The molecule has 0 aromatic heterocycles. The van der Waals surface area contributed by atoms with E-state index < -0.39 is 0 Å². The summed E-state index contributed by atoms with van der Waals surface area (Å²) in [6.07, 6.45) is 4.14. The zero-order chi connectivity index (χ0) is 12.3. The Labute approximate surface area is 100 Å². The van der Waals surface area contributed by atoms with Gasteiger partial charge in [-0.25, -0.2) is 0 Å². The summed E-state index contributed by atoms with van der Waals surface area (Å²) < 4.78 is 5.39. The Morgan fingerprint density at radius 3 is 2.38 bits per heavy atom. The van der Waals surface area contributed by atoms with Crippen LogP contribution in [0.4, 0.5) is 0 Å². The molecule has 2 nitrogen and oxygen atoms in total. The fourth-order valence-electron chi connectivity index (χ4n) is 2.69. The van der Waals surface area contributed by atoms with E-state index in [1.54, 1.807) is 7.11 Å². The van der Waals surface area contributed by atoms with Gasteiger partial charge in [0.15, 0.2) is 0 Å². The molecule has 4 atom stereocenters. The van der Waals surface area contributed by atoms with Crippen molar-refractivity contribution in [3.63, 3.8) is 0 Å². The van der Waals surface area contributed by atoms with Gasteiger partial charge in [-0.05, 0) is 44.4 Å². The average molecular weight is 228 g/mol. The molecule has 2 heteroatoms. The summed E-state index contributed by atoms with van der Waals surface area (Å²) >= 11 is 0. The van der Waals surface area contributed by atoms with Gasteiger partial charge in [0.1, 0.15) is 0 Å². The molecule has 16 heavy (non-hydrogen) atoms. The van der Waals surface area contributed by atoms with Gasteiger partial charge in [-0.1, -0.05) is 20.3 Å². The first-order valence-corrected chi connectivity index (χ1v) is 6.59. The van der Waals surface area contributed by atoms with Gasteiger partial charge >= 0.3 is 0 Å². The maximum absolute atomic E-state index is 10.3. The van der Waals surface area contributed by atoms with E-state index in [1.807, 2.05) is 13.8 Å². The molecule has 0 spiro atoms. The van der Waals surface area contributed by atoms with Gasteiger partial charge in [0.05, 0.1) is 11.7 Å². The number of ether oxygens (including phenoxy) is 1. The standard InChI is InChI=1S/C14H28O2/c1-10-6-7-12(8-11(10)2)13(15)9-14(3,4)16-5/h10-13,15H,6-9H2,1-5H3. The second-order valence-electron chi connectivity index (χ2n) is 6.26. The molecule has 1 fully saturated rings. The van der Waals surface area contributed by atoms with Gasteiger partial charge < -0.3 is 9.84 Å². The van der Waals surface area contributed by atoms with Crippen molar-refractivity contribution < 1.29 is 9.84 Å². The topological polar surface area (TPSA) is 29.5 Å². The summed E-state index contributed by atoms with van der Waals surface area (Å²) in [5.74, 6) is 2.04. The van der Waals surface area contributed by atoms with Crippen molar-refractivity contribution >= 4 is 0 Å². The Morgan fingerprint density at radius 2 is 1.88 bits per heavy atom. The van der Waals surface area contributed by atoms with E-state index >= 15 is 0 Å². The van der Waals surface area contributed by atoms with Crippen LogP contribution in [0.5, 0.6) is 0 Å². The van der Waals surface area contributed by atoms with E-state index in [-0.39, 0.29) is 11.7 Å². The van der Waals surface area contributed by atoms with Crippen LogP contribution in [0.2, 0.25) is 0 Å². The minimum Gasteiger partial charge on any atom is -0.393 e. The number of rotatable bonds is 4. The molecular weight excluding hydrogens is 200 g/mol. The Morgan fingerprint density at radius 1 is 1.25 bits per heavy atom. The van der Waals surface area contributed by atoms with E-state index in [9.17, 15) is 5.11 Å². The lowest BCUT2D eigenvalue weighted by atomic mass is 9.72. The van der Waals surface area contributed by atoms with Crippen LogP contribution >= 0.6 is 0 Å². The third kappa shape index (κ3) is 3.74. The van der Waals surface area contributed by atoms with Crippen molar-refractivity contribution in [3.05, 3.63) is 0 Å². The molecule has 0 aromatic carbocycles. The molecule has 0 saturated heterocycles. The van der Waals surface area contributed by atoms with Gasteiger partial charge in [-0.3, -0.25) is 0 Å². The fraction of sp³-hybridized carbons (Fsp3) is 1.00. The van der Waals surface area contributed by atoms with E-state index in [4.69, 9.17) is 4.74 Å². The third-order valence-electron chi connectivity index (χ3n) is 4.44. The zero-order valence-electron chi connectivity index (χ0n) is 11.5.